The highest BCUT2D eigenvalue weighted by atomic mass is 79.9. The third-order valence-electron chi connectivity index (χ3n) is 1.54. The van der Waals surface area contributed by atoms with Gasteiger partial charge in [0.2, 0.25) is 0 Å². The normalized spacial score (nSPS) is 11.5. The fraction of sp³-hybridized carbons (Fsp3) is 0.250. The van der Waals surface area contributed by atoms with Gasteiger partial charge in [0, 0.05) is 10.7 Å². The largest absolute Gasteiger partial charge is 0.418 e. The van der Waals surface area contributed by atoms with Crippen LogP contribution in [0.3, 0.4) is 0 Å². The van der Waals surface area contributed by atoms with E-state index in [1.54, 1.807) is 0 Å². The van der Waals surface area contributed by atoms with E-state index in [1.165, 1.54) is 12.1 Å². The molecule has 0 aliphatic rings. The Hall–Kier alpha value is -0.420. The van der Waals surface area contributed by atoms with Crippen LogP contribution in [0.5, 0.6) is 0 Å². The van der Waals surface area contributed by atoms with E-state index >= 15 is 0 Å². The van der Waals surface area contributed by atoms with E-state index in [0.717, 1.165) is 6.07 Å². The van der Waals surface area contributed by atoms with Crippen molar-refractivity contribution in [3.8, 4) is 0 Å². The molecule has 1 aromatic carbocycles. The maximum Gasteiger partial charge on any atom is 0.418 e. The standard InChI is InChI=1S/C8H6BrClF3N/c9-4-14-7-2-1-5(10)3-6(7)8(11,12)13/h1-3,14H,4H2. The number of halogens is 5. The molecule has 0 amide bonds. The van der Waals surface area contributed by atoms with Crippen molar-refractivity contribution >= 4 is 33.2 Å². The Kier molecular flexibility index (Phi) is 3.66. The third-order valence-corrected chi connectivity index (χ3v) is 2.06. The Balaban J connectivity index is 3.16. The quantitative estimate of drug-likeness (QED) is 0.637. The highest BCUT2D eigenvalue weighted by molar-refractivity contribution is 9.09. The monoisotopic (exact) mass is 287 g/mol. The van der Waals surface area contributed by atoms with Crippen molar-refractivity contribution in [2.24, 2.45) is 0 Å². The summed E-state index contributed by atoms with van der Waals surface area (Å²) in [7, 11) is 0. The van der Waals surface area contributed by atoms with Gasteiger partial charge in [-0.3, -0.25) is 0 Å². The van der Waals surface area contributed by atoms with E-state index in [9.17, 15) is 13.2 Å². The smallest absolute Gasteiger partial charge is 0.375 e. The lowest BCUT2D eigenvalue weighted by Crippen LogP contribution is -2.09. The van der Waals surface area contributed by atoms with Crippen LogP contribution in [0.4, 0.5) is 18.9 Å². The average molecular weight is 288 g/mol. The van der Waals surface area contributed by atoms with E-state index < -0.39 is 11.7 Å². The van der Waals surface area contributed by atoms with Gasteiger partial charge in [-0.25, -0.2) is 0 Å². The van der Waals surface area contributed by atoms with Crippen LogP contribution in [0.2, 0.25) is 5.02 Å². The van der Waals surface area contributed by atoms with Crippen molar-refractivity contribution in [3.05, 3.63) is 28.8 Å². The zero-order chi connectivity index (χ0) is 10.8. The topological polar surface area (TPSA) is 12.0 Å². The first-order chi connectivity index (χ1) is 6.45. The summed E-state index contributed by atoms with van der Waals surface area (Å²) in [5.41, 5.74) is -0.499. The molecular weight excluding hydrogens is 282 g/mol. The van der Waals surface area contributed by atoms with Crippen molar-refractivity contribution < 1.29 is 13.2 Å². The lowest BCUT2D eigenvalue weighted by Gasteiger charge is -2.13. The van der Waals surface area contributed by atoms with Gasteiger partial charge in [-0.2, -0.15) is 13.2 Å². The van der Waals surface area contributed by atoms with Gasteiger partial charge < -0.3 is 5.32 Å². The Morgan fingerprint density at radius 3 is 2.50 bits per heavy atom. The predicted octanol–water partition coefficient (Wildman–Crippen LogP) is 4.12. The summed E-state index contributed by atoms with van der Waals surface area (Å²) >= 11 is 8.48. The zero-order valence-corrected chi connectivity index (χ0v) is 9.17. The molecule has 0 aliphatic carbocycles. The number of rotatable bonds is 2. The molecule has 0 heterocycles. The molecule has 0 aromatic heterocycles. The van der Waals surface area contributed by atoms with E-state index in [-0.39, 0.29) is 16.2 Å². The molecule has 0 unspecified atom stereocenters. The molecule has 1 aromatic rings. The van der Waals surface area contributed by atoms with Crippen LogP contribution in [-0.4, -0.2) is 5.45 Å². The molecule has 1 nitrogen and oxygen atoms in total. The minimum atomic E-state index is -4.39. The van der Waals surface area contributed by atoms with Crippen LogP contribution >= 0.6 is 27.5 Å². The minimum absolute atomic E-state index is 0.0128. The number of alkyl halides is 4. The Bertz CT molecular complexity index is 327. The Morgan fingerprint density at radius 2 is 2.00 bits per heavy atom. The van der Waals surface area contributed by atoms with Gasteiger partial charge in [0.15, 0.2) is 0 Å². The predicted molar refractivity (Wildman–Crippen MR) is 53.9 cm³/mol. The Labute approximate surface area is 92.4 Å². The minimum Gasteiger partial charge on any atom is -0.375 e. The highest BCUT2D eigenvalue weighted by Crippen LogP contribution is 2.36. The number of hydrogen-bond donors (Lipinski definition) is 1. The summed E-state index contributed by atoms with van der Waals surface area (Å²) in [6, 6.07) is 3.60. The molecule has 0 fully saturated rings. The second-order valence-electron chi connectivity index (χ2n) is 2.50. The molecule has 0 bridgehead atoms. The number of hydrogen-bond acceptors (Lipinski definition) is 1. The summed E-state index contributed by atoms with van der Waals surface area (Å²) in [5.74, 6) is 0. The lowest BCUT2D eigenvalue weighted by molar-refractivity contribution is -0.136. The molecule has 0 spiro atoms. The molecule has 1 N–H and O–H groups in total. The number of nitrogens with one attached hydrogen (secondary N) is 1. The molecule has 0 aliphatic heterocycles. The van der Waals surface area contributed by atoms with Gasteiger partial charge >= 0.3 is 6.18 Å². The summed E-state index contributed by atoms with van der Waals surface area (Å²) < 4.78 is 37.3. The van der Waals surface area contributed by atoms with Crippen LogP contribution in [0.15, 0.2) is 18.2 Å². The van der Waals surface area contributed by atoms with Gasteiger partial charge in [-0.05, 0) is 18.2 Å². The van der Waals surface area contributed by atoms with Crippen molar-refractivity contribution in [2.75, 3.05) is 10.8 Å². The zero-order valence-electron chi connectivity index (χ0n) is 6.83. The van der Waals surface area contributed by atoms with Crippen LogP contribution in [-0.2, 0) is 6.18 Å². The van der Waals surface area contributed by atoms with Crippen molar-refractivity contribution in [1.82, 2.24) is 0 Å². The fourth-order valence-electron chi connectivity index (χ4n) is 0.977. The summed E-state index contributed by atoms with van der Waals surface area (Å²) in [6.45, 7) is 0. The van der Waals surface area contributed by atoms with Crippen LogP contribution in [0.25, 0.3) is 0 Å². The van der Waals surface area contributed by atoms with Gasteiger partial charge in [0.1, 0.15) is 0 Å². The van der Waals surface area contributed by atoms with Crippen molar-refractivity contribution in [1.29, 1.82) is 0 Å². The van der Waals surface area contributed by atoms with E-state index in [1.807, 2.05) is 0 Å². The van der Waals surface area contributed by atoms with Gasteiger partial charge in [-0.1, -0.05) is 27.5 Å². The van der Waals surface area contributed by atoms with Gasteiger partial charge in [0.25, 0.3) is 0 Å². The van der Waals surface area contributed by atoms with Crippen molar-refractivity contribution in [3.63, 3.8) is 0 Å². The van der Waals surface area contributed by atoms with Crippen LogP contribution < -0.4 is 5.32 Å². The van der Waals surface area contributed by atoms with E-state index in [0.29, 0.717) is 0 Å². The summed E-state index contributed by atoms with van der Waals surface area (Å²) in [4.78, 5) is 0. The first-order valence-corrected chi connectivity index (χ1v) is 5.11. The first-order valence-electron chi connectivity index (χ1n) is 3.61. The lowest BCUT2D eigenvalue weighted by atomic mass is 10.1. The maximum atomic E-state index is 12.4. The highest BCUT2D eigenvalue weighted by Gasteiger charge is 2.33. The van der Waals surface area contributed by atoms with Gasteiger partial charge in [-0.15, -0.1) is 0 Å². The molecule has 78 valence electrons. The molecule has 0 atom stereocenters. The van der Waals surface area contributed by atoms with Crippen LogP contribution in [0, 0.1) is 0 Å². The second-order valence-corrected chi connectivity index (χ2v) is 3.50. The molecule has 6 heteroatoms. The molecule has 0 saturated heterocycles. The van der Waals surface area contributed by atoms with Crippen molar-refractivity contribution in [2.45, 2.75) is 6.18 Å². The molecule has 14 heavy (non-hydrogen) atoms. The molecule has 1 rings (SSSR count). The number of anilines is 1. The SMILES string of the molecule is FC(F)(F)c1cc(Cl)ccc1NCBr. The molecule has 0 saturated carbocycles. The van der Waals surface area contributed by atoms with E-state index in [2.05, 4.69) is 21.2 Å². The number of benzene rings is 1. The average Bonchev–Trinajstić information content (AvgIpc) is 2.07. The van der Waals surface area contributed by atoms with E-state index in [4.69, 9.17) is 11.6 Å². The summed E-state index contributed by atoms with van der Waals surface area (Å²) in [5, 5.41) is 2.61. The van der Waals surface area contributed by atoms with Gasteiger partial charge in [0.05, 0.1) is 11.0 Å². The maximum absolute atomic E-state index is 12.4. The molecule has 0 radical (unpaired) electrons. The summed E-state index contributed by atoms with van der Waals surface area (Å²) in [6.07, 6.45) is -4.39. The Morgan fingerprint density at radius 1 is 1.36 bits per heavy atom. The van der Waals surface area contributed by atoms with Crippen LogP contribution in [0.1, 0.15) is 5.56 Å². The molecular formula is C8H6BrClF3N. The second kappa shape index (κ2) is 4.40. The first kappa shape index (κ1) is 11.7. The third kappa shape index (κ3) is 2.78. The fourth-order valence-corrected chi connectivity index (χ4v) is 1.45.